The molecule has 2 rings (SSSR count). The Morgan fingerprint density at radius 2 is 1.79 bits per heavy atom. The number of amides is 2. The van der Waals surface area contributed by atoms with Crippen molar-refractivity contribution in [1.29, 1.82) is 0 Å². The molecule has 3 N–H and O–H groups in total. The molecule has 0 radical (unpaired) electrons. The van der Waals surface area contributed by atoms with Gasteiger partial charge in [-0.15, -0.1) is 0 Å². The SMILES string of the molecule is CCCCNC(=O)c1cccc(NCC(=O)NCc2ccc(OC(C)C)cc2)c1. The summed E-state index contributed by atoms with van der Waals surface area (Å²) in [5.41, 5.74) is 2.31. The molecule has 0 aromatic heterocycles. The van der Waals surface area contributed by atoms with Gasteiger partial charge in [-0.1, -0.05) is 31.5 Å². The molecule has 0 bridgehead atoms. The third-order valence-electron chi connectivity index (χ3n) is 4.18. The summed E-state index contributed by atoms with van der Waals surface area (Å²) in [6, 6.07) is 14.8. The first-order valence-electron chi connectivity index (χ1n) is 10.1. The first kappa shape index (κ1) is 22.3. The maximum Gasteiger partial charge on any atom is 0.251 e. The molecule has 29 heavy (non-hydrogen) atoms. The van der Waals surface area contributed by atoms with Gasteiger partial charge in [-0.3, -0.25) is 9.59 Å². The quantitative estimate of drug-likeness (QED) is 0.505. The molecule has 2 aromatic carbocycles. The lowest BCUT2D eigenvalue weighted by Gasteiger charge is -2.11. The Kier molecular flexibility index (Phi) is 9.02. The number of rotatable bonds is 11. The van der Waals surface area contributed by atoms with Gasteiger partial charge in [0.05, 0.1) is 12.6 Å². The van der Waals surface area contributed by atoms with Gasteiger partial charge < -0.3 is 20.7 Å². The van der Waals surface area contributed by atoms with E-state index in [0.29, 0.717) is 18.7 Å². The van der Waals surface area contributed by atoms with Gasteiger partial charge in [0.25, 0.3) is 5.91 Å². The zero-order valence-electron chi connectivity index (χ0n) is 17.5. The van der Waals surface area contributed by atoms with Gasteiger partial charge in [0, 0.05) is 24.3 Å². The van der Waals surface area contributed by atoms with Gasteiger partial charge in [-0.25, -0.2) is 0 Å². The normalized spacial score (nSPS) is 10.5. The van der Waals surface area contributed by atoms with Crippen LogP contribution in [0.3, 0.4) is 0 Å². The predicted octanol–water partition coefficient (Wildman–Crippen LogP) is 3.73. The molecule has 156 valence electrons. The van der Waals surface area contributed by atoms with Crippen LogP contribution in [0.2, 0.25) is 0 Å². The molecule has 0 saturated heterocycles. The lowest BCUT2D eigenvalue weighted by molar-refractivity contribution is -0.119. The highest BCUT2D eigenvalue weighted by Gasteiger charge is 2.07. The Bertz CT molecular complexity index is 788. The summed E-state index contributed by atoms with van der Waals surface area (Å²) in [5.74, 6) is 0.595. The molecule has 0 spiro atoms. The lowest BCUT2D eigenvalue weighted by atomic mass is 10.2. The summed E-state index contributed by atoms with van der Waals surface area (Å²) in [6.45, 7) is 7.29. The van der Waals surface area contributed by atoms with Crippen molar-refractivity contribution in [2.75, 3.05) is 18.4 Å². The van der Waals surface area contributed by atoms with Crippen molar-refractivity contribution in [2.24, 2.45) is 0 Å². The standard InChI is InChI=1S/C23H31N3O3/c1-4-5-13-24-23(28)19-7-6-8-20(14-19)25-16-22(27)26-15-18-9-11-21(12-10-18)29-17(2)3/h6-12,14,17,25H,4-5,13,15-16H2,1-3H3,(H,24,28)(H,26,27). The first-order valence-corrected chi connectivity index (χ1v) is 10.1. The summed E-state index contributed by atoms with van der Waals surface area (Å²) in [7, 11) is 0. The van der Waals surface area contributed by atoms with Gasteiger partial charge in [0.15, 0.2) is 0 Å². The summed E-state index contributed by atoms with van der Waals surface area (Å²) >= 11 is 0. The fourth-order valence-corrected chi connectivity index (χ4v) is 2.65. The number of unbranched alkanes of at least 4 members (excludes halogenated alkanes) is 1. The third kappa shape index (κ3) is 8.25. The number of carbonyl (C=O) groups is 2. The number of ether oxygens (including phenoxy) is 1. The van der Waals surface area contributed by atoms with Crippen LogP contribution >= 0.6 is 0 Å². The van der Waals surface area contributed by atoms with Crippen molar-refractivity contribution < 1.29 is 14.3 Å². The summed E-state index contributed by atoms with van der Waals surface area (Å²) in [5, 5.41) is 8.83. The zero-order valence-corrected chi connectivity index (χ0v) is 17.5. The van der Waals surface area contributed by atoms with Crippen molar-refractivity contribution >= 4 is 17.5 Å². The average Bonchev–Trinajstić information content (AvgIpc) is 2.71. The number of carbonyl (C=O) groups excluding carboxylic acids is 2. The maximum atomic E-state index is 12.1. The van der Waals surface area contributed by atoms with Crippen molar-refractivity contribution in [2.45, 2.75) is 46.3 Å². The Morgan fingerprint density at radius 3 is 2.48 bits per heavy atom. The molecule has 0 fully saturated rings. The topological polar surface area (TPSA) is 79.5 Å². The smallest absolute Gasteiger partial charge is 0.251 e. The molecule has 0 saturated carbocycles. The van der Waals surface area contributed by atoms with E-state index in [1.165, 1.54) is 0 Å². The van der Waals surface area contributed by atoms with E-state index in [0.717, 1.165) is 29.8 Å². The van der Waals surface area contributed by atoms with Gasteiger partial charge in [-0.05, 0) is 56.2 Å². The van der Waals surface area contributed by atoms with Crippen LogP contribution in [0, 0.1) is 0 Å². The van der Waals surface area contributed by atoms with E-state index >= 15 is 0 Å². The highest BCUT2D eigenvalue weighted by molar-refractivity contribution is 5.95. The van der Waals surface area contributed by atoms with E-state index in [4.69, 9.17) is 4.74 Å². The number of anilines is 1. The highest BCUT2D eigenvalue weighted by atomic mass is 16.5. The maximum absolute atomic E-state index is 12.1. The van der Waals surface area contributed by atoms with Crippen LogP contribution < -0.4 is 20.7 Å². The van der Waals surface area contributed by atoms with Crippen molar-refractivity contribution in [3.63, 3.8) is 0 Å². The molecule has 0 unspecified atom stereocenters. The second-order valence-electron chi connectivity index (χ2n) is 7.13. The minimum absolute atomic E-state index is 0.101. The van der Waals surface area contributed by atoms with E-state index in [1.807, 2.05) is 44.2 Å². The van der Waals surface area contributed by atoms with Crippen LogP contribution in [-0.2, 0) is 11.3 Å². The number of benzene rings is 2. The van der Waals surface area contributed by atoms with E-state index in [-0.39, 0.29) is 24.5 Å². The van der Waals surface area contributed by atoms with Crippen molar-refractivity contribution in [3.8, 4) is 5.75 Å². The first-order chi connectivity index (χ1) is 14.0. The molecular weight excluding hydrogens is 366 g/mol. The van der Waals surface area contributed by atoms with E-state index in [1.54, 1.807) is 18.2 Å². The second-order valence-corrected chi connectivity index (χ2v) is 7.13. The lowest BCUT2D eigenvalue weighted by Crippen LogP contribution is -2.29. The Morgan fingerprint density at radius 1 is 1.03 bits per heavy atom. The summed E-state index contributed by atoms with van der Waals surface area (Å²) < 4.78 is 5.61. The number of hydrogen-bond donors (Lipinski definition) is 3. The third-order valence-corrected chi connectivity index (χ3v) is 4.18. The Balaban J connectivity index is 1.77. The van der Waals surface area contributed by atoms with Gasteiger partial charge in [0.2, 0.25) is 5.91 Å². The molecular formula is C23H31N3O3. The van der Waals surface area contributed by atoms with E-state index in [2.05, 4.69) is 22.9 Å². The molecule has 0 heterocycles. The van der Waals surface area contributed by atoms with E-state index in [9.17, 15) is 9.59 Å². The molecule has 2 amide bonds. The van der Waals surface area contributed by atoms with Crippen LogP contribution in [0.4, 0.5) is 5.69 Å². The minimum atomic E-state index is -0.120. The van der Waals surface area contributed by atoms with Crippen molar-refractivity contribution in [1.82, 2.24) is 10.6 Å². The van der Waals surface area contributed by atoms with Crippen molar-refractivity contribution in [3.05, 3.63) is 59.7 Å². The molecule has 0 atom stereocenters. The fourth-order valence-electron chi connectivity index (χ4n) is 2.65. The monoisotopic (exact) mass is 397 g/mol. The van der Waals surface area contributed by atoms with E-state index < -0.39 is 0 Å². The fraction of sp³-hybridized carbons (Fsp3) is 0.391. The largest absolute Gasteiger partial charge is 0.491 e. The average molecular weight is 398 g/mol. The van der Waals surface area contributed by atoms with Crippen LogP contribution in [0.1, 0.15) is 49.5 Å². The molecule has 0 aliphatic rings. The molecule has 0 aliphatic carbocycles. The number of nitrogens with one attached hydrogen (secondary N) is 3. The second kappa shape index (κ2) is 11.7. The highest BCUT2D eigenvalue weighted by Crippen LogP contribution is 2.14. The molecule has 0 aliphatic heterocycles. The summed E-state index contributed by atoms with van der Waals surface area (Å²) in [6.07, 6.45) is 2.12. The van der Waals surface area contributed by atoms with Gasteiger partial charge in [0.1, 0.15) is 5.75 Å². The van der Waals surface area contributed by atoms with Gasteiger partial charge >= 0.3 is 0 Å². The van der Waals surface area contributed by atoms with Gasteiger partial charge in [-0.2, -0.15) is 0 Å². The van der Waals surface area contributed by atoms with Crippen LogP contribution in [-0.4, -0.2) is 31.0 Å². The van der Waals surface area contributed by atoms with Crippen LogP contribution in [0.15, 0.2) is 48.5 Å². The molecule has 6 nitrogen and oxygen atoms in total. The Labute approximate surface area is 173 Å². The Hall–Kier alpha value is -3.02. The zero-order chi connectivity index (χ0) is 21.1. The molecule has 6 heteroatoms. The van der Waals surface area contributed by atoms with Crippen LogP contribution in [0.25, 0.3) is 0 Å². The minimum Gasteiger partial charge on any atom is -0.491 e. The van der Waals surface area contributed by atoms with Crippen LogP contribution in [0.5, 0.6) is 5.75 Å². The summed E-state index contributed by atoms with van der Waals surface area (Å²) in [4.78, 5) is 24.2. The molecule has 2 aromatic rings. The predicted molar refractivity (Wildman–Crippen MR) is 116 cm³/mol. The number of hydrogen-bond acceptors (Lipinski definition) is 4.